The molecule has 0 bridgehead atoms. The average Bonchev–Trinajstić information content (AvgIpc) is 3.61. The third-order valence-electron chi connectivity index (χ3n) is 6.66. The summed E-state index contributed by atoms with van der Waals surface area (Å²) in [4.78, 5) is 31.9. The van der Waals surface area contributed by atoms with Crippen molar-refractivity contribution in [2.45, 2.75) is 6.54 Å². The Morgan fingerprint density at radius 2 is 1.46 bits per heavy atom. The van der Waals surface area contributed by atoms with Crippen LogP contribution in [-0.2, 0) is 6.54 Å². The molecule has 1 aliphatic carbocycles. The number of imidazole rings is 1. The molecule has 6 rings (SSSR count). The van der Waals surface area contributed by atoms with Gasteiger partial charge in [-0.1, -0.05) is 29.5 Å². The van der Waals surface area contributed by atoms with Crippen molar-refractivity contribution in [1.82, 2.24) is 24.5 Å². The molecular formula is C29H23N5O5. The monoisotopic (exact) mass is 521 g/mol. The highest BCUT2D eigenvalue weighted by Crippen LogP contribution is 2.37. The average molecular weight is 522 g/mol. The Hall–Kier alpha value is -5.25. The first-order valence-electron chi connectivity index (χ1n) is 12.1. The number of hydrogen-bond acceptors (Lipinski definition) is 8. The van der Waals surface area contributed by atoms with Crippen LogP contribution < -0.4 is 14.2 Å². The van der Waals surface area contributed by atoms with Gasteiger partial charge in [0.1, 0.15) is 40.2 Å². The van der Waals surface area contributed by atoms with Crippen LogP contribution >= 0.6 is 0 Å². The number of carbonyl (C=O) groups is 2. The van der Waals surface area contributed by atoms with Crippen LogP contribution in [0.5, 0.6) is 17.2 Å². The first kappa shape index (κ1) is 24.1. The third kappa shape index (κ3) is 4.02. The molecule has 2 heterocycles. The zero-order valence-electron chi connectivity index (χ0n) is 21.4. The molecule has 0 saturated carbocycles. The SMILES string of the molecule is COc1ccc(-n2cc(Cn3c(-c4ccc(OC)cc4OC)nc4c3C(=O)c3ccccc3C4=O)nn2)cc1. The second-order valence-electron chi connectivity index (χ2n) is 8.84. The maximum Gasteiger partial charge on any atom is 0.214 e. The van der Waals surface area contributed by atoms with Crippen molar-refractivity contribution in [3.8, 4) is 34.3 Å². The van der Waals surface area contributed by atoms with Gasteiger partial charge in [0.2, 0.25) is 11.6 Å². The van der Waals surface area contributed by atoms with E-state index in [-0.39, 0.29) is 29.5 Å². The topological polar surface area (TPSA) is 110 Å². The quantitative estimate of drug-likeness (QED) is 0.310. The number of benzene rings is 3. The Labute approximate surface area is 223 Å². The number of methoxy groups -OCH3 is 3. The number of rotatable bonds is 7. The Morgan fingerprint density at radius 1 is 0.769 bits per heavy atom. The summed E-state index contributed by atoms with van der Waals surface area (Å²) in [6.45, 7) is 0.143. The van der Waals surface area contributed by atoms with Crippen LogP contribution in [-0.4, -0.2) is 57.4 Å². The van der Waals surface area contributed by atoms with Gasteiger partial charge in [-0.25, -0.2) is 9.67 Å². The van der Waals surface area contributed by atoms with Gasteiger partial charge in [0.25, 0.3) is 0 Å². The molecular weight excluding hydrogens is 498 g/mol. The fourth-order valence-corrected chi connectivity index (χ4v) is 4.71. The molecule has 0 spiro atoms. The van der Waals surface area contributed by atoms with E-state index in [2.05, 4.69) is 10.3 Å². The lowest BCUT2D eigenvalue weighted by molar-refractivity contribution is 0.0971. The van der Waals surface area contributed by atoms with Crippen LogP contribution in [0.3, 0.4) is 0 Å². The molecule has 39 heavy (non-hydrogen) atoms. The van der Waals surface area contributed by atoms with Crippen LogP contribution in [0.15, 0.2) is 72.9 Å². The fourth-order valence-electron chi connectivity index (χ4n) is 4.71. The van der Waals surface area contributed by atoms with Crippen molar-refractivity contribution < 1.29 is 23.8 Å². The standard InChI is InChI=1S/C29H23N5O5/c1-37-19-10-8-18(9-11-19)34-16-17(31-32-34)15-33-26-25(27(35)21-6-4-5-7-22(21)28(26)36)30-29(33)23-13-12-20(38-2)14-24(23)39-3/h4-14,16H,15H2,1-3H3. The van der Waals surface area contributed by atoms with Gasteiger partial charge in [0.05, 0.1) is 45.3 Å². The van der Waals surface area contributed by atoms with Gasteiger partial charge in [0, 0.05) is 17.2 Å². The van der Waals surface area contributed by atoms with E-state index in [9.17, 15) is 9.59 Å². The summed E-state index contributed by atoms with van der Waals surface area (Å²) in [6.07, 6.45) is 1.77. The third-order valence-corrected chi connectivity index (χ3v) is 6.66. The van der Waals surface area contributed by atoms with Crippen molar-refractivity contribution in [2.75, 3.05) is 21.3 Å². The van der Waals surface area contributed by atoms with E-state index in [1.807, 2.05) is 24.3 Å². The highest BCUT2D eigenvalue weighted by molar-refractivity contribution is 6.27. The largest absolute Gasteiger partial charge is 0.497 e. The first-order valence-corrected chi connectivity index (χ1v) is 12.1. The molecule has 0 unspecified atom stereocenters. The normalized spacial score (nSPS) is 12.2. The van der Waals surface area contributed by atoms with Gasteiger partial charge in [-0.15, -0.1) is 5.10 Å². The molecule has 0 fully saturated rings. The molecule has 0 radical (unpaired) electrons. The van der Waals surface area contributed by atoms with Gasteiger partial charge in [0.15, 0.2) is 0 Å². The lowest BCUT2D eigenvalue weighted by atomic mass is 9.90. The maximum absolute atomic E-state index is 13.7. The zero-order valence-corrected chi connectivity index (χ0v) is 21.4. The molecule has 1 aliphatic rings. The molecule has 0 amide bonds. The lowest BCUT2D eigenvalue weighted by Gasteiger charge is -2.16. The Morgan fingerprint density at radius 3 is 2.15 bits per heavy atom. The predicted molar refractivity (Wildman–Crippen MR) is 141 cm³/mol. The summed E-state index contributed by atoms with van der Waals surface area (Å²) >= 11 is 0. The molecule has 0 aliphatic heterocycles. The van der Waals surface area contributed by atoms with Gasteiger partial charge < -0.3 is 18.8 Å². The van der Waals surface area contributed by atoms with Crippen LogP contribution in [0, 0.1) is 0 Å². The van der Waals surface area contributed by atoms with Gasteiger partial charge in [-0.05, 0) is 36.4 Å². The Bertz CT molecular complexity index is 1740. The summed E-state index contributed by atoms with van der Waals surface area (Å²) in [5.41, 5.74) is 2.92. The van der Waals surface area contributed by atoms with E-state index >= 15 is 0 Å². The van der Waals surface area contributed by atoms with Gasteiger partial charge >= 0.3 is 0 Å². The lowest BCUT2D eigenvalue weighted by Crippen LogP contribution is -2.23. The predicted octanol–water partition coefficient (Wildman–Crippen LogP) is 3.98. The highest BCUT2D eigenvalue weighted by Gasteiger charge is 2.36. The number of ether oxygens (including phenoxy) is 3. The number of hydrogen-bond donors (Lipinski definition) is 0. The second-order valence-corrected chi connectivity index (χ2v) is 8.84. The van der Waals surface area contributed by atoms with E-state index in [1.54, 1.807) is 72.1 Å². The summed E-state index contributed by atoms with van der Waals surface area (Å²) in [5.74, 6) is 1.61. The van der Waals surface area contributed by atoms with Crippen LogP contribution in [0.25, 0.3) is 17.1 Å². The van der Waals surface area contributed by atoms with Crippen molar-refractivity contribution in [3.63, 3.8) is 0 Å². The van der Waals surface area contributed by atoms with Crippen molar-refractivity contribution in [2.24, 2.45) is 0 Å². The molecule has 10 nitrogen and oxygen atoms in total. The molecule has 0 N–H and O–H groups in total. The van der Waals surface area contributed by atoms with Crippen LogP contribution in [0.2, 0.25) is 0 Å². The first-order chi connectivity index (χ1) is 19.0. The van der Waals surface area contributed by atoms with E-state index < -0.39 is 0 Å². The van der Waals surface area contributed by atoms with Crippen LogP contribution in [0.4, 0.5) is 0 Å². The number of nitrogens with zero attached hydrogens (tertiary/aromatic N) is 5. The summed E-state index contributed by atoms with van der Waals surface area (Å²) in [6, 6.07) is 19.5. The Kier molecular flexibility index (Phi) is 5.91. The van der Waals surface area contributed by atoms with E-state index in [1.165, 1.54) is 7.11 Å². The van der Waals surface area contributed by atoms with E-state index in [0.717, 1.165) is 11.4 Å². The molecule has 3 aromatic carbocycles. The van der Waals surface area contributed by atoms with E-state index in [0.29, 0.717) is 39.7 Å². The minimum atomic E-state index is -0.311. The smallest absolute Gasteiger partial charge is 0.214 e. The molecule has 194 valence electrons. The number of ketones is 2. The Balaban J connectivity index is 1.49. The summed E-state index contributed by atoms with van der Waals surface area (Å²) in [5, 5.41) is 8.60. The highest BCUT2D eigenvalue weighted by atomic mass is 16.5. The molecule has 2 aromatic heterocycles. The van der Waals surface area contributed by atoms with Gasteiger partial charge in [-0.2, -0.15) is 0 Å². The van der Waals surface area contributed by atoms with Gasteiger partial charge in [-0.3, -0.25) is 9.59 Å². The molecule has 10 heteroatoms. The van der Waals surface area contributed by atoms with Crippen molar-refractivity contribution in [3.05, 3.63) is 101 Å². The summed E-state index contributed by atoms with van der Waals surface area (Å²) in [7, 11) is 4.71. The second kappa shape index (κ2) is 9.56. The maximum atomic E-state index is 13.7. The van der Waals surface area contributed by atoms with Crippen molar-refractivity contribution >= 4 is 11.6 Å². The minimum absolute atomic E-state index is 0.0918. The number of fused-ring (bicyclic) bond motifs is 2. The zero-order chi connectivity index (χ0) is 27.1. The van der Waals surface area contributed by atoms with E-state index in [4.69, 9.17) is 19.2 Å². The van der Waals surface area contributed by atoms with Crippen LogP contribution in [0.1, 0.15) is 37.8 Å². The fraction of sp³-hybridized carbons (Fsp3) is 0.138. The van der Waals surface area contributed by atoms with Crippen molar-refractivity contribution in [1.29, 1.82) is 0 Å². The number of carbonyl (C=O) groups excluding carboxylic acids is 2. The molecule has 0 atom stereocenters. The summed E-state index contributed by atoms with van der Waals surface area (Å²) < 4.78 is 19.5. The number of aromatic nitrogens is 5. The molecule has 0 saturated heterocycles. The minimum Gasteiger partial charge on any atom is -0.497 e. The molecule has 5 aromatic rings.